The van der Waals surface area contributed by atoms with Crippen molar-refractivity contribution in [1.82, 2.24) is 0 Å². The van der Waals surface area contributed by atoms with Gasteiger partial charge in [-0.1, -0.05) is 15.9 Å². The van der Waals surface area contributed by atoms with Gasteiger partial charge < -0.3 is 5.32 Å². The van der Waals surface area contributed by atoms with Gasteiger partial charge in [0.25, 0.3) is 0 Å². The van der Waals surface area contributed by atoms with E-state index in [1.54, 1.807) is 0 Å². The number of hydrogen-bond acceptors (Lipinski definition) is 2. The molecule has 1 aromatic rings. The fourth-order valence-electron chi connectivity index (χ4n) is 0.962. The van der Waals surface area contributed by atoms with Gasteiger partial charge in [0, 0.05) is 17.6 Å². The van der Waals surface area contributed by atoms with Gasteiger partial charge in [-0.15, -0.1) is 0 Å². The largest absolute Gasteiger partial charge is 0.385 e. The van der Waals surface area contributed by atoms with E-state index in [1.807, 2.05) is 24.3 Å². The average molecular weight is 239 g/mol. The summed E-state index contributed by atoms with van der Waals surface area (Å²) in [4.78, 5) is 0. The third-order valence-corrected chi connectivity index (χ3v) is 2.21. The van der Waals surface area contributed by atoms with E-state index < -0.39 is 0 Å². The standard InChI is InChI=1S/C10H11BrN2/c11-6-1-7-13-10-4-2-9(8-12)3-5-10/h2-5,13H,1,6-7H2. The zero-order valence-corrected chi connectivity index (χ0v) is 8.84. The third-order valence-electron chi connectivity index (χ3n) is 1.65. The van der Waals surface area contributed by atoms with Crippen LogP contribution in [0.2, 0.25) is 0 Å². The summed E-state index contributed by atoms with van der Waals surface area (Å²) in [6, 6.07) is 9.56. The number of nitrogens with one attached hydrogen (secondary N) is 1. The van der Waals surface area contributed by atoms with Crippen molar-refractivity contribution in [2.45, 2.75) is 6.42 Å². The minimum absolute atomic E-state index is 0.700. The molecule has 68 valence electrons. The highest BCUT2D eigenvalue weighted by Crippen LogP contribution is 2.08. The van der Waals surface area contributed by atoms with Gasteiger partial charge >= 0.3 is 0 Å². The summed E-state index contributed by atoms with van der Waals surface area (Å²) >= 11 is 3.36. The molecule has 0 saturated carbocycles. The maximum absolute atomic E-state index is 8.57. The van der Waals surface area contributed by atoms with Crippen LogP contribution < -0.4 is 5.32 Å². The highest BCUT2D eigenvalue weighted by Gasteiger charge is 1.91. The molecule has 1 rings (SSSR count). The van der Waals surface area contributed by atoms with Crippen molar-refractivity contribution in [2.75, 3.05) is 17.2 Å². The Morgan fingerprint density at radius 3 is 2.54 bits per heavy atom. The van der Waals surface area contributed by atoms with Crippen LogP contribution in [-0.2, 0) is 0 Å². The molecule has 0 aliphatic carbocycles. The summed E-state index contributed by atoms with van der Waals surface area (Å²) in [5.74, 6) is 0. The predicted molar refractivity (Wildman–Crippen MR) is 58.1 cm³/mol. The highest BCUT2D eigenvalue weighted by atomic mass is 79.9. The van der Waals surface area contributed by atoms with Gasteiger partial charge in [-0.3, -0.25) is 0 Å². The van der Waals surface area contributed by atoms with E-state index >= 15 is 0 Å². The Balaban J connectivity index is 2.46. The second-order valence-corrected chi connectivity index (χ2v) is 3.45. The molecule has 13 heavy (non-hydrogen) atoms. The first-order valence-corrected chi connectivity index (χ1v) is 5.29. The second kappa shape index (κ2) is 5.60. The molecule has 1 N–H and O–H groups in total. The summed E-state index contributed by atoms with van der Waals surface area (Å²) in [6.07, 6.45) is 1.10. The summed E-state index contributed by atoms with van der Waals surface area (Å²) < 4.78 is 0. The van der Waals surface area contributed by atoms with Crippen LogP contribution in [-0.4, -0.2) is 11.9 Å². The SMILES string of the molecule is N#Cc1ccc(NCCCBr)cc1. The van der Waals surface area contributed by atoms with E-state index in [4.69, 9.17) is 5.26 Å². The number of benzene rings is 1. The van der Waals surface area contributed by atoms with Crippen LogP contribution in [0, 0.1) is 11.3 Å². The number of rotatable bonds is 4. The van der Waals surface area contributed by atoms with Crippen molar-refractivity contribution in [2.24, 2.45) is 0 Å². The second-order valence-electron chi connectivity index (χ2n) is 2.66. The molecule has 0 aliphatic heterocycles. The lowest BCUT2D eigenvalue weighted by atomic mass is 10.2. The number of hydrogen-bond donors (Lipinski definition) is 1. The van der Waals surface area contributed by atoms with Crippen molar-refractivity contribution in [3.8, 4) is 6.07 Å². The fraction of sp³-hybridized carbons (Fsp3) is 0.300. The first-order valence-electron chi connectivity index (χ1n) is 4.17. The lowest BCUT2D eigenvalue weighted by Crippen LogP contribution is -2.01. The van der Waals surface area contributed by atoms with Gasteiger partial charge in [0.2, 0.25) is 0 Å². The smallest absolute Gasteiger partial charge is 0.0991 e. The lowest BCUT2D eigenvalue weighted by Gasteiger charge is -2.03. The quantitative estimate of drug-likeness (QED) is 0.647. The van der Waals surface area contributed by atoms with Crippen LogP contribution in [0.25, 0.3) is 0 Å². The molecule has 0 saturated heterocycles. The van der Waals surface area contributed by atoms with Gasteiger partial charge in [-0.25, -0.2) is 0 Å². The summed E-state index contributed by atoms with van der Waals surface area (Å²) in [5, 5.41) is 12.8. The molecule has 0 bridgehead atoms. The monoisotopic (exact) mass is 238 g/mol. The average Bonchev–Trinajstić information content (AvgIpc) is 2.19. The summed E-state index contributed by atoms with van der Waals surface area (Å²) in [7, 11) is 0. The van der Waals surface area contributed by atoms with Crippen molar-refractivity contribution >= 4 is 21.6 Å². The molecule has 0 spiro atoms. The molecule has 0 heterocycles. The van der Waals surface area contributed by atoms with Crippen LogP contribution >= 0.6 is 15.9 Å². The summed E-state index contributed by atoms with van der Waals surface area (Å²) in [5.41, 5.74) is 1.77. The van der Waals surface area contributed by atoms with Gasteiger partial charge in [-0.2, -0.15) is 5.26 Å². The van der Waals surface area contributed by atoms with Crippen molar-refractivity contribution < 1.29 is 0 Å². The maximum atomic E-state index is 8.57. The molecule has 1 aromatic carbocycles. The summed E-state index contributed by atoms with van der Waals surface area (Å²) in [6.45, 7) is 0.956. The molecule has 0 aliphatic rings. The van der Waals surface area contributed by atoms with E-state index in [9.17, 15) is 0 Å². The molecule has 0 radical (unpaired) electrons. The molecule has 3 heteroatoms. The highest BCUT2D eigenvalue weighted by molar-refractivity contribution is 9.09. The van der Waals surface area contributed by atoms with Gasteiger partial charge in [0.1, 0.15) is 0 Å². The normalized spacial score (nSPS) is 9.23. The molecule has 0 fully saturated rings. The Labute approximate surface area is 86.7 Å². The number of anilines is 1. The van der Waals surface area contributed by atoms with Crippen LogP contribution in [0.1, 0.15) is 12.0 Å². The predicted octanol–water partition coefficient (Wildman–Crippen LogP) is 2.76. The molecular weight excluding hydrogens is 228 g/mol. The van der Waals surface area contributed by atoms with Crippen LogP contribution in [0.15, 0.2) is 24.3 Å². The topological polar surface area (TPSA) is 35.8 Å². The van der Waals surface area contributed by atoms with Crippen molar-refractivity contribution in [1.29, 1.82) is 5.26 Å². The number of nitriles is 1. The first kappa shape index (κ1) is 10.1. The minimum Gasteiger partial charge on any atom is -0.385 e. The van der Waals surface area contributed by atoms with E-state index in [1.165, 1.54) is 0 Å². The Morgan fingerprint density at radius 2 is 2.00 bits per heavy atom. The van der Waals surface area contributed by atoms with Gasteiger partial charge in [0.15, 0.2) is 0 Å². The van der Waals surface area contributed by atoms with Crippen molar-refractivity contribution in [3.63, 3.8) is 0 Å². The zero-order chi connectivity index (χ0) is 9.52. The Bertz CT molecular complexity index is 287. The molecule has 0 unspecified atom stereocenters. The third kappa shape index (κ3) is 3.47. The first-order chi connectivity index (χ1) is 6.36. The zero-order valence-electron chi connectivity index (χ0n) is 7.26. The number of nitrogens with zero attached hydrogens (tertiary/aromatic N) is 1. The fourth-order valence-corrected chi connectivity index (χ4v) is 1.24. The van der Waals surface area contributed by atoms with E-state index in [0.717, 1.165) is 24.0 Å². The minimum atomic E-state index is 0.700. The molecule has 0 atom stereocenters. The molecule has 2 nitrogen and oxygen atoms in total. The van der Waals surface area contributed by atoms with Gasteiger partial charge in [0.05, 0.1) is 11.6 Å². The van der Waals surface area contributed by atoms with E-state index in [2.05, 4.69) is 27.3 Å². The Morgan fingerprint density at radius 1 is 1.31 bits per heavy atom. The lowest BCUT2D eigenvalue weighted by molar-refractivity contribution is 0.999. The van der Waals surface area contributed by atoms with Crippen LogP contribution in [0.4, 0.5) is 5.69 Å². The van der Waals surface area contributed by atoms with Gasteiger partial charge in [-0.05, 0) is 30.7 Å². The number of halogens is 1. The molecular formula is C10H11BrN2. The Hall–Kier alpha value is -1.01. The van der Waals surface area contributed by atoms with Crippen LogP contribution in [0.3, 0.4) is 0 Å². The van der Waals surface area contributed by atoms with Crippen LogP contribution in [0.5, 0.6) is 0 Å². The Kier molecular flexibility index (Phi) is 4.34. The van der Waals surface area contributed by atoms with Crippen molar-refractivity contribution in [3.05, 3.63) is 29.8 Å². The molecule has 0 amide bonds. The number of alkyl halides is 1. The van der Waals surface area contributed by atoms with E-state index in [-0.39, 0.29) is 0 Å². The van der Waals surface area contributed by atoms with E-state index in [0.29, 0.717) is 5.56 Å². The molecule has 0 aromatic heterocycles. The maximum Gasteiger partial charge on any atom is 0.0991 e.